The van der Waals surface area contributed by atoms with Crippen LogP contribution in [0.15, 0.2) is 86.7 Å². The molecule has 6 N–H and O–H groups in total. The van der Waals surface area contributed by atoms with Crippen molar-refractivity contribution in [1.29, 1.82) is 0 Å². The number of azo groups is 1. The summed E-state index contributed by atoms with van der Waals surface area (Å²) < 4.78 is 90.7. The molecule has 0 bridgehead atoms. The summed E-state index contributed by atoms with van der Waals surface area (Å²) in [5.41, 5.74) is 0.342. The molecule has 0 saturated heterocycles. The van der Waals surface area contributed by atoms with Gasteiger partial charge in [0.1, 0.15) is 22.0 Å². The van der Waals surface area contributed by atoms with Gasteiger partial charge in [-0.3, -0.25) is 9.11 Å². The second-order valence-corrected chi connectivity index (χ2v) is 11.2. The van der Waals surface area contributed by atoms with E-state index in [-0.39, 0.29) is 51.3 Å². The van der Waals surface area contributed by atoms with Gasteiger partial charge < -0.3 is 20.8 Å². The Morgan fingerprint density at radius 1 is 0.786 bits per heavy atom. The Bertz CT molecular complexity index is 2000. The van der Waals surface area contributed by atoms with Crippen LogP contribution in [0.4, 0.5) is 28.4 Å². The molecule has 0 amide bonds. The molecule has 0 atom stereocenters. The van der Waals surface area contributed by atoms with E-state index in [9.17, 15) is 36.2 Å². The smallest absolute Gasteiger partial charge is 0.425 e. The normalized spacial score (nSPS) is 11.3. The zero-order valence-corrected chi connectivity index (χ0v) is 24.3. The third kappa shape index (κ3) is 8.46. The minimum absolute atomic E-state index is 0. The minimum Gasteiger partial charge on any atom is -0.506 e. The van der Waals surface area contributed by atoms with Gasteiger partial charge in [0.2, 0.25) is 0 Å². The molecular weight excluding hydrogens is 668 g/mol. The number of anilines is 3. The Kier molecular flexibility index (Phi) is 11.1. The van der Waals surface area contributed by atoms with Crippen LogP contribution in [-0.4, -0.2) is 55.8 Å². The van der Waals surface area contributed by atoms with Crippen LogP contribution in [0.25, 0.3) is 10.8 Å². The predicted molar refractivity (Wildman–Crippen MR) is 146 cm³/mol. The molecule has 0 aromatic heterocycles. The average molecular weight is 688 g/mol. The van der Waals surface area contributed by atoms with E-state index in [1.807, 2.05) is 0 Å². The molecule has 15 nitrogen and oxygen atoms in total. The summed E-state index contributed by atoms with van der Waals surface area (Å²) in [5, 5.41) is 35.8. The van der Waals surface area contributed by atoms with Crippen molar-refractivity contribution in [3.63, 3.8) is 0 Å². The van der Waals surface area contributed by atoms with Gasteiger partial charge >= 0.3 is 10.6 Å². The summed E-state index contributed by atoms with van der Waals surface area (Å²) >= 11 is 0. The maximum atomic E-state index is 11.7. The number of aromatic hydroxyl groups is 2. The molecule has 42 heavy (non-hydrogen) atoms. The molecule has 1 radical (unpaired) electrons. The number of nitrogens with zero attached hydrogens (tertiary/aromatic N) is 2. The standard InChI is InChI=1S/C23H20N4O8S2.Cu.O3S/c1-24-14-10-19(23(29)21(11-14)37(33,34)35)26-27-22-16-5-3-2-4-13(16)6-8-17(22)25-18-12-15(36(30,31)32)7-9-20(18)28;;1-4(2)3/h2-12,24-25,28-29H,1H3,(H,30,31,32)(H,33,34,35);;. The van der Waals surface area contributed by atoms with E-state index in [0.29, 0.717) is 5.39 Å². The molecule has 19 heteroatoms. The van der Waals surface area contributed by atoms with E-state index in [0.717, 1.165) is 29.7 Å². The molecule has 0 aliphatic carbocycles. The molecular formula is C23H20CuN4O11S3. The van der Waals surface area contributed by atoms with Crippen molar-refractivity contribution in [2.75, 3.05) is 17.7 Å². The first kappa shape index (κ1) is 34.1. The van der Waals surface area contributed by atoms with Crippen molar-refractivity contribution in [2.45, 2.75) is 9.79 Å². The van der Waals surface area contributed by atoms with E-state index in [1.165, 1.54) is 13.1 Å². The number of fused-ring (bicyclic) bond motifs is 1. The molecule has 0 heterocycles. The van der Waals surface area contributed by atoms with Crippen LogP contribution in [0.1, 0.15) is 0 Å². The van der Waals surface area contributed by atoms with Gasteiger partial charge in [-0.15, -0.1) is 22.9 Å². The minimum atomic E-state index is -4.78. The molecule has 0 aliphatic heterocycles. The molecule has 0 spiro atoms. The first-order chi connectivity index (χ1) is 19.1. The summed E-state index contributed by atoms with van der Waals surface area (Å²) in [4.78, 5) is -1.22. The SMILES string of the molecule is CNc1cc(N=Nc2c(Nc3cc(S(=O)(=O)O)ccc3O)ccc3ccccc23)c(O)c(S(=O)(=O)O)c1.O=S(=O)=O.[Cu]. The molecule has 4 aromatic carbocycles. The number of hydrogen-bond donors (Lipinski definition) is 6. The van der Waals surface area contributed by atoms with Crippen LogP contribution < -0.4 is 10.6 Å². The largest absolute Gasteiger partial charge is 0.506 e. The van der Waals surface area contributed by atoms with Crippen LogP contribution in [0.5, 0.6) is 11.5 Å². The Labute approximate surface area is 251 Å². The molecule has 227 valence electrons. The zero-order chi connectivity index (χ0) is 30.5. The molecule has 4 aromatic rings. The first-order valence-corrected chi connectivity index (χ1v) is 14.8. The van der Waals surface area contributed by atoms with Crippen LogP contribution in [0, 0.1) is 0 Å². The third-order valence-electron chi connectivity index (χ3n) is 5.31. The third-order valence-corrected chi connectivity index (χ3v) is 7.03. The summed E-state index contributed by atoms with van der Waals surface area (Å²) in [5.74, 6) is -1.14. The van der Waals surface area contributed by atoms with Crippen molar-refractivity contribution in [1.82, 2.24) is 0 Å². The van der Waals surface area contributed by atoms with E-state index in [4.69, 9.17) is 12.6 Å². The quantitative estimate of drug-likeness (QED) is 0.0530. The fourth-order valence-electron chi connectivity index (χ4n) is 3.50. The van der Waals surface area contributed by atoms with Gasteiger partial charge in [-0.05, 0) is 41.8 Å². The maximum Gasteiger partial charge on any atom is 0.425 e. The van der Waals surface area contributed by atoms with Crippen LogP contribution in [0.2, 0.25) is 0 Å². The van der Waals surface area contributed by atoms with Gasteiger partial charge in [0.05, 0.1) is 16.3 Å². The van der Waals surface area contributed by atoms with Gasteiger partial charge in [0, 0.05) is 35.2 Å². The summed E-state index contributed by atoms with van der Waals surface area (Å²) in [6.07, 6.45) is 0. The van der Waals surface area contributed by atoms with Crippen molar-refractivity contribution in [3.8, 4) is 11.5 Å². The van der Waals surface area contributed by atoms with E-state index < -0.39 is 46.4 Å². The second-order valence-electron chi connectivity index (χ2n) is 7.93. The second kappa shape index (κ2) is 13.7. The predicted octanol–water partition coefficient (Wildman–Crippen LogP) is 3.94. The van der Waals surface area contributed by atoms with Crippen molar-refractivity contribution in [2.24, 2.45) is 10.2 Å². The number of benzene rings is 4. The Balaban J connectivity index is 0.00000116. The van der Waals surface area contributed by atoms with E-state index >= 15 is 0 Å². The topological polar surface area (TPSA) is 249 Å². The molecule has 0 aliphatic rings. The van der Waals surface area contributed by atoms with Crippen LogP contribution >= 0.6 is 0 Å². The van der Waals surface area contributed by atoms with E-state index in [1.54, 1.807) is 36.4 Å². The fraction of sp³-hybridized carbons (Fsp3) is 0.0435. The summed E-state index contributed by atoms with van der Waals surface area (Å²) in [6, 6.07) is 15.8. The molecule has 0 fully saturated rings. The molecule has 0 unspecified atom stereocenters. The van der Waals surface area contributed by atoms with Crippen molar-refractivity contribution >= 4 is 70.1 Å². The molecule has 4 rings (SSSR count). The Morgan fingerprint density at radius 2 is 1.43 bits per heavy atom. The number of hydrogen-bond acceptors (Lipinski definition) is 13. The number of nitrogens with one attached hydrogen (secondary N) is 2. The van der Waals surface area contributed by atoms with Crippen molar-refractivity contribution < 1.29 is 65.8 Å². The monoisotopic (exact) mass is 687 g/mol. The Hall–Kier alpha value is -4.10. The van der Waals surface area contributed by atoms with Crippen LogP contribution in [0.3, 0.4) is 0 Å². The maximum absolute atomic E-state index is 11.7. The van der Waals surface area contributed by atoms with Gasteiger partial charge in [-0.25, -0.2) is 0 Å². The van der Waals surface area contributed by atoms with Gasteiger partial charge in [-0.1, -0.05) is 30.3 Å². The summed E-state index contributed by atoms with van der Waals surface area (Å²) in [7, 11) is -10.9. The Morgan fingerprint density at radius 3 is 2.02 bits per heavy atom. The van der Waals surface area contributed by atoms with Gasteiger partial charge in [0.25, 0.3) is 20.2 Å². The zero-order valence-electron chi connectivity index (χ0n) is 20.9. The fourth-order valence-corrected chi connectivity index (χ4v) is 4.63. The van der Waals surface area contributed by atoms with Gasteiger partial charge in [-0.2, -0.15) is 16.8 Å². The van der Waals surface area contributed by atoms with Crippen LogP contribution in [-0.2, 0) is 47.9 Å². The van der Waals surface area contributed by atoms with Gasteiger partial charge in [0.15, 0.2) is 5.75 Å². The number of rotatable bonds is 7. The average Bonchev–Trinajstić information content (AvgIpc) is 2.88. The first-order valence-electron chi connectivity index (χ1n) is 10.9. The summed E-state index contributed by atoms with van der Waals surface area (Å²) in [6.45, 7) is 0. The van der Waals surface area contributed by atoms with Crippen molar-refractivity contribution in [3.05, 3.63) is 66.7 Å². The van der Waals surface area contributed by atoms with E-state index in [2.05, 4.69) is 20.9 Å². The number of phenols is 2. The number of phenolic OH excluding ortho intramolecular Hbond substituents is 2. The molecule has 0 saturated carbocycles.